The van der Waals surface area contributed by atoms with Crippen molar-refractivity contribution in [1.29, 1.82) is 0 Å². The number of carbonyl (C=O) groups is 2. The van der Waals surface area contributed by atoms with Gasteiger partial charge in [-0.15, -0.1) is 0 Å². The fourth-order valence-electron chi connectivity index (χ4n) is 4.77. The van der Waals surface area contributed by atoms with Crippen molar-refractivity contribution in [2.75, 3.05) is 37.7 Å². The van der Waals surface area contributed by atoms with Crippen LogP contribution in [0.1, 0.15) is 24.0 Å². The van der Waals surface area contributed by atoms with Gasteiger partial charge in [0.25, 0.3) is 5.91 Å². The molecule has 3 aliphatic rings. The van der Waals surface area contributed by atoms with Crippen LogP contribution in [0.2, 0.25) is 5.02 Å². The number of benzene rings is 2. The molecule has 2 aromatic rings. The summed E-state index contributed by atoms with van der Waals surface area (Å²) in [5.74, 6) is -0.414. The highest BCUT2D eigenvalue weighted by Gasteiger charge is 2.42. The summed E-state index contributed by atoms with van der Waals surface area (Å²) in [5, 5.41) is 7.44. The Morgan fingerprint density at radius 3 is 2.44 bits per heavy atom. The van der Waals surface area contributed by atoms with Crippen molar-refractivity contribution in [1.82, 2.24) is 9.91 Å². The molecule has 10 heteroatoms. The molecule has 0 aromatic heterocycles. The summed E-state index contributed by atoms with van der Waals surface area (Å²) >= 11 is 7.36. The highest BCUT2D eigenvalue weighted by molar-refractivity contribution is 8.15. The molecule has 0 radical (unpaired) electrons. The maximum Gasteiger partial charge on any atom is 0.252 e. The van der Waals surface area contributed by atoms with Gasteiger partial charge in [-0.3, -0.25) is 19.5 Å². The Kier molecular flexibility index (Phi) is 7.81. The summed E-state index contributed by atoms with van der Waals surface area (Å²) in [6.45, 7) is 4.76. The number of thioether (sulfide) groups is 1. The first-order valence-electron chi connectivity index (χ1n) is 12.2. The molecule has 0 aliphatic carbocycles. The van der Waals surface area contributed by atoms with Gasteiger partial charge >= 0.3 is 0 Å². The van der Waals surface area contributed by atoms with Crippen LogP contribution in [0.5, 0.6) is 0 Å². The van der Waals surface area contributed by atoms with Crippen molar-refractivity contribution in [2.24, 2.45) is 10.8 Å². The van der Waals surface area contributed by atoms with Crippen molar-refractivity contribution in [3.63, 3.8) is 0 Å². The minimum absolute atomic E-state index is 0.0268. The third-order valence-electron chi connectivity index (χ3n) is 6.74. The van der Waals surface area contributed by atoms with Crippen LogP contribution in [0.3, 0.4) is 0 Å². The van der Waals surface area contributed by atoms with Gasteiger partial charge in [-0.25, -0.2) is 0 Å². The van der Waals surface area contributed by atoms with E-state index >= 15 is 0 Å². The molecule has 190 valence electrons. The summed E-state index contributed by atoms with van der Waals surface area (Å²) in [4.78, 5) is 29.3. The van der Waals surface area contributed by atoms with Gasteiger partial charge in [0, 0.05) is 43.3 Å². The number of rotatable bonds is 8. The molecule has 2 N–H and O–H groups in total. The number of morpholine rings is 1. The monoisotopic (exact) mass is 527 g/mol. The second-order valence-corrected chi connectivity index (χ2v) is 10.9. The standard InChI is InChI=1S/C26H30ClN5O3S/c27-20-6-1-18(2-7-20)5-10-23-29-32(26(36-23)25(28)34)22-15-24(33)31(17-22)21-8-3-19(4-9-21)16-30-11-13-35-14-12-30/h1-4,6-9,22,26H,5,10-17H2,(H2,28,34). The first-order chi connectivity index (χ1) is 17.5. The minimum Gasteiger partial charge on any atom is -0.379 e. The number of anilines is 1. The fourth-order valence-corrected chi connectivity index (χ4v) is 5.96. The van der Waals surface area contributed by atoms with E-state index < -0.39 is 11.3 Å². The van der Waals surface area contributed by atoms with E-state index in [1.807, 2.05) is 36.4 Å². The van der Waals surface area contributed by atoms with Crippen molar-refractivity contribution in [3.05, 3.63) is 64.7 Å². The summed E-state index contributed by atoms with van der Waals surface area (Å²) < 4.78 is 5.42. The normalized spacial score (nSPS) is 22.8. The molecule has 36 heavy (non-hydrogen) atoms. The van der Waals surface area contributed by atoms with Crippen LogP contribution in [0.15, 0.2) is 53.6 Å². The van der Waals surface area contributed by atoms with E-state index in [1.165, 1.54) is 17.3 Å². The van der Waals surface area contributed by atoms with Crippen LogP contribution in [0.4, 0.5) is 5.69 Å². The van der Waals surface area contributed by atoms with Gasteiger partial charge in [0.2, 0.25) is 5.91 Å². The second kappa shape index (κ2) is 11.2. The Morgan fingerprint density at radius 2 is 1.75 bits per heavy atom. The van der Waals surface area contributed by atoms with Crippen LogP contribution < -0.4 is 10.6 Å². The summed E-state index contributed by atoms with van der Waals surface area (Å²) in [6.07, 6.45) is 1.78. The van der Waals surface area contributed by atoms with Gasteiger partial charge in [0.1, 0.15) is 0 Å². The number of nitrogens with two attached hydrogens (primary N) is 1. The number of hydrogen-bond donors (Lipinski definition) is 1. The SMILES string of the molecule is NC(=O)C1SC(CCc2ccc(Cl)cc2)=NN1C1CC(=O)N(c2ccc(CN3CCOCC3)cc2)C1. The maximum atomic E-state index is 12.9. The lowest BCUT2D eigenvalue weighted by Crippen LogP contribution is -2.44. The van der Waals surface area contributed by atoms with Gasteiger partial charge in [0.05, 0.1) is 30.7 Å². The van der Waals surface area contributed by atoms with Gasteiger partial charge < -0.3 is 15.4 Å². The number of hydrazone groups is 1. The van der Waals surface area contributed by atoms with E-state index in [0.717, 1.165) is 55.6 Å². The van der Waals surface area contributed by atoms with Crippen LogP contribution >= 0.6 is 23.4 Å². The molecule has 5 rings (SSSR count). The summed E-state index contributed by atoms with van der Waals surface area (Å²) in [5.41, 5.74) is 8.94. The number of aryl methyl sites for hydroxylation is 1. The number of primary amides is 1. The zero-order valence-electron chi connectivity index (χ0n) is 20.0. The third kappa shape index (κ3) is 5.86. The average Bonchev–Trinajstić information content (AvgIpc) is 3.49. The van der Waals surface area contributed by atoms with Crippen molar-refractivity contribution >= 4 is 45.9 Å². The van der Waals surface area contributed by atoms with E-state index in [0.29, 0.717) is 24.4 Å². The van der Waals surface area contributed by atoms with Gasteiger partial charge in [0.15, 0.2) is 5.37 Å². The maximum absolute atomic E-state index is 12.9. The van der Waals surface area contributed by atoms with E-state index in [4.69, 9.17) is 27.2 Å². The molecule has 2 amide bonds. The minimum atomic E-state index is -0.598. The lowest BCUT2D eigenvalue weighted by molar-refractivity contribution is -0.121. The molecule has 2 unspecified atom stereocenters. The first-order valence-corrected chi connectivity index (χ1v) is 13.5. The second-order valence-electron chi connectivity index (χ2n) is 9.29. The Bertz CT molecular complexity index is 1120. The van der Waals surface area contributed by atoms with Gasteiger partial charge in [-0.1, -0.05) is 47.6 Å². The van der Waals surface area contributed by atoms with Crippen LogP contribution in [0, 0.1) is 0 Å². The molecule has 0 bridgehead atoms. The van der Waals surface area contributed by atoms with E-state index in [1.54, 1.807) is 9.91 Å². The van der Waals surface area contributed by atoms with Crippen molar-refractivity contribution in [3.8, 4) is 0 Å². The molecule has 0 saturated carbocycles. The zero-order valence-corrected chi connectivity index (χ0v) is 21.6. The Hall–Kier alpha value is -2.59. The van der Waals surface area contributed by atoms with Crippen molar-refractivity contribution in [2.45, 2.75) is 37.2 Å². The predicted octanol–water partition coefficient (Wildman–Crippen LogP) is 3.08. The number of carbonyl (C=O) groups excluding carboxylic acids is 2. The molecule has 2 atom stereocenters. The fraction of sp³-hybridized carbons (Fsp3) is 0.423. The number of ether oxygens (including phenoxy) is 1. The van der Waals surface area contributed by atoms with E-state index in [-0.39, 0.29) is 11.9 Å². The van der Waals surface area contributed by atoms with Crippen molar-refractivity contribution < 1.29 is 14.3 Å². The number of nitrogens with zero attached hydrogens (tertiary/aromatic N) is 4. The molecule has 2 aromatic carbocycles. The van der Waals surface area contributed by atoms with Gasteiger partial charge in [-0.2, -0.15) is 5.10 Å². The summed E-state index contributed by atoms with van der Waals surface area (Å²) in [7, 11) is 0. The number of amides is 2. The topological polar surface area (TPSA) is 91.5 Å². The molecule has 2 fully saturated rings. The smallest absolute Gasteiger partial charge is 0.252 e. The molecular formula is C26H30ClN5O3S. The molecule has 3 aliphatic heterocycles. The average molecular weight is 528 g/mol. The molecule has 2 saturated heterocycles. The summed E-state index contributed by atoms with van der Waals surface area (Å²) in [6, 6.07) is 15.7. The predicted molar refractivity (Wildman–Crippen MR) is 143 cm³/mol. The van der Waals surface area contributed by atoms with E-state index in [2.05, 4.69) is 17.0 Å². The Morgan fingerprint density at radius 1 is 1.06 bits per heavy atom. The molecule has 8 nitrogen and oxygen atoms in total. The van der Waals surface area contributed by atoms with Gasteiger partial charge in [-0.05, 0) is 41.8 Å². The molecule has 3 heterocycles. The zero-order chi connectivity index (χ0) is 25.1. The lowest BCUT2D eigenvalue weighted by Gasteiger charge is -2.27. The van der Waals surface area contributed by atoms with Crippen LogP contribution in [0.25, 0.3) is 0 Å². The van der Waals surface area contributed by atoms with Crippen LogP contribution in [-0.2, 0) is 27.3 Å². The largest absolute Gasteiger partial charge is 0.379 e. The highest BCUT2D eigenvalue weighted by atomic mass is 35.5. The van der Waals surface area contributed by atoms with E-state index in [9.17, 15) is 9.59 Å². The van der Waals surface area contributed by atoms with Crippen LogP contribution in [-0.4, -0.2) is 71.0 Å². The number of hydrogen-bond acceptors (Lipinski definition) is 7. The Balaban J connectivity index is 1.22. The number of halogens is 1. The third-order valence-corrected chi connectivity index (χ3v) is 8.22. The highest BCUT2D eigenvalue weighted by Crippen LogP contribution is 2.34. The lowest BCUT2D eigenvalue weighted by atomic mass is 10.1. The Labute approximate surface area is 220 Å². The molecular weight excluding hydrogens is 498 g/mol. The molecule has 0 spiro atoms. The quantitative estimate of drug-likeness (QED) is 0.567. The first kappa shape index (κ1) is 25.1.